The summed E-state index contributed by atoms with van der Waals surface area (Å²) in [5.74, 6) is 0.786. The third-order valence-corrected chi connectivity index (χ3v) is 6.56. The van der Waals surface area contributed by atoms with Gasteiger partial charge in [-0.2, -0.15) is 4.98 Å². The number of aromatic nitrogens is 6. The van der Waals surface area contributed by atoms with Crippen molar-refractivity contribution in [2.45, 2.75) is 26.7 Å². The Kier molecular flexibility index (Phi) is 13.6. The van der Waals surface area contributed by atoms with Gasteiger partial charge in [-0.1, -0.05) is 48.0 Å². The fourth-order valence-corrected chi connectivity index (χ4v) is 4.51. The van der Waals surface area contributed by atoms with Crippen LogP contribution in [0.3, 0.4) is 0 Å². The van der Waals surface area contributed by atoms with E-state index in [-0.39, 0.29) is 41.6 Å². The quantitative estimate of drug-likeness (QED) is 0.148. The number of nitrogens with one attached hydrogen (secondary N) is 1. The molecule has 6 aromatic rings. The van der Waals surface area contributed by atoms with E-state index in [4.69, 9.17) is 39.5 Å². The van der Waals surface area contributed by atoms with Gasteiger partial charge < -0.3 is 15.7 Å². The summed E-state index contributed by atoms with van der Waals surface area (Å²) >= 11 is 16.6. The van der Waals surface area contributed by atoms with E-state index in [0.717, 1.165) is 24.5 Å². The molecule has 41 heavy (non-hydrogen) atoms. The van der Waals surface area contributed by atoms with Crippen LogP contribution in [0.2, 0.25) is 15.7 Å². The number of aromatic amines is 1. The third-order valence-electron chi connectivity index (χ3n) is 5.99. The molecule has 208 valence electrons. The molecule has 0 spiro atoms. The number of para-hydroxylation sites is 2. The Bertz CT molecular complexity index is 1650. The topological polar surface area (TPSA) is 81.5 Å². The average molecular weight is 620 g/mol. The van der Waals surface area contributed by atoms with Gasteiger partial charge in [0.2, 0.25) is 10.6 Å². The van der Waals surface area contributed by atoms with Gasteiger partial charge in [-0.25, -0.2) is 15.0 Å². The molecular weight excluding hydrogens is 590 g/mol. The number of hydrogen-bond acceptors (Lipinski definition) is 5. The monoisotopic (exact) mass is 618 g/mol. The summed E-state index contributed by atoms with van der Waals surface area (Å²) in [5, 5.41) is 3.35. The number of H-pyrrole nitrogens is 1. The van der Waals surface area contributed by atoms with E-state index in [2.05, 4.69) is 75.3 Å². The summed E-state index contributed by atoms with van der Waals surface area (Å²) in [6.07, 6.45) is 9.81. The molecule has 2 aromatic carbocycles. The number of halogens is 3. The summed E-state index contributed by atoms with van der Waals surface area (Å²) in [6, 6.07) is 19.9. The second-order valence-corrected chi connectivity index (χ2v) is 9.93. The van der Waals surface area contributed by atoms with Crippen LogP contribution in [0, 0.1) is 13.8 Å². The molecule has 0 amide bonds. The molecule has 7 rings (SSSR count). The molecule has 0 saturated carbocycles. The third kappa shape index (κ3) is 9.79. The molecule has 0 radical (unpaired) electrons. The fraction of sp³-hybridized carbons (Fsp3) is 0.200. The second-order valence-electron chi connectivity index (χ2n) is 8.87. The Labute approximate surface area is 278 Å². The van der Waals surface area contributed by atoms with Crippen LogP contribution in [0.1, 0.15) is 25.4 Å². The van der Waals surface area contributed by atoms with E-state index in [1.807, 2.05) is 35.0 Å². The Morgan fingerprint density at radius 1 is 0.780 bits per heavy atom. The normalized spacial score (nSPS) is 11.8. The van der Waals surface area contributed by atoms with Gasteiger partial charge in [0.05, 0.1) is 5.52 Å². The van der Waals surface area contributed by atoms with Gasteiger partial charge in [0.25, 0.3) is 0 Å². The first-order chi connectivity index (χ1) is 19.4. The van der Waals surface area contributed by atoms with Crippen molar-refractivity contribution >= 4 is 56.6 Å². The van der Waals surface area contributed by atoms with Crippen LogP contribution in [0.4, 0.5) is 0 Å². The van der Waals surface area contributed by atoms with Crippen molar-refractivity contribution in [1.29, 1.82) is 0 Å². The van der Waals surface area contributed by atoms with Gasteiger partial charge in [0.15, 0.2) is 0 Å². The van der Waals surface area contributed by atoms with Crippen LogP contribution >= 0.6 is 34.8 Å². The van der Waals surface area contributed by atoms with Crippen LogP contribution in [-0.2, 0) is 4.74 Å². The number of rotatable bonds is 1. The van der Waals surface area contributed by atoms with Crippen molar-refractivity contribution in [1.82, 2.24) is 29.5 Å². The van der Waals surface area contributed by atoms with Crippen LogP contribution in [-0.4, -0.2) is 42.7 Å². The number of aryl methyl sites for hydroxylation is 2. The van der Waals surface area contributed by atoms with E-state index in [0.29, 0.717) is 5.15 Å². The van der Waals surface area contributed by atoms with Gasteiger partial charge >= 0.3 is 29.6 Å². The maximum atomic E-state index is 5.82. The molecule has 7 nitrogen and oxygen atoms in total. The smallest absolute Gasteiger partial charge is 1.00 e. The summed E-state index contributed by atoms with van der Waals surface area (Å²) in [5.41, 5.74) is 4.88. The van der Waals surface area contributed by atoms with Gasteiger partial charge in [0.1, 0.15) is 11.0 Å². The molecular formula is C30H30Cl3N6NaO. The largest absolute Gasteiger partial charge is 1.00 e. The number of ether oxygens (including phenoxy) is 1. The van der Waals surface area contributed by atoms with E-state index in [1.165, 1.54) is 46.5 Å². The second kappa shape index (κ2) is 16.8. The first-order valence-electron chi connectivity index (χ1n) is 12.7. The van der Waals surface area contributed by atoms with E-state index in [9.17, 15) is 0 Å². The predicted molar refractivity (Wildman–Crippen MR) is 165 cm³/mol. The zero-order valence-corrected chi connectivity index (χ0v) is 27.5. The Morgan fingerprint density at radius 2 is 1.41 bits per heavy atom. The SMILES string of the molecule is C1CCOC1.Cc1c[nH]c2ccccc12.Cc1cn(-c2ccnc(Cl)n2)c2ccccc12.Clc1ccnc(Cl)n1.[H-].[Na+]. The van der Waals surface area contributed by atoms with Gasteiger partial charge in [-0.05, 0) is 85.3 Å². The summed E-state index contributed by atoms with van der Waals surface area (Å²) in [6.45, 7) is 6.19. The van der Waals surface area contributed by atoms with E-state index in [1.54, 1.807) is 12.3 Å². The van der Waals surface area contributed by atoms with Crippen molar-refractivity contribution in [2.24, 2.45) is 0 Å². The maximum Gasteiger partial charge on any atom is 1.00 e. The van der Waals surface area contributed by atoms with Gasteiger partial charge in [0, 0.05) is 54.3 Å². The molecule has 5 heterocycles. The van der Waals surface area contributed by atoms with Crippen LogP contribution < -0.4 is 29.6 Å². The Balaban J connectivity index is 0.000000211. The minimum atomic E-state index is 0. The molecule has 1 aliphatic heterocycles. The van der Waals surface area contributed by atoms with Gasteiger partial charge in [-0.15, -0.1) is 0 Å². The summed E-state index contributed by atoms with van der Waals surface area (Å²) in [4.78, 5) is 18.5. The van der Waals surface area contributed by atoms with E-state index < -0.39 is 0 Å². The number of fused-ring (bicyclic) bond motifs is 2. The predicted octanol–water partition coefficient (Wildman–Crippen LogP) is 5.56. The molecule has 0 unspecified atom stereocenters. The van der Waals surface area contributed by atoms with Crippen LogP contribution in [0.25, 0.3) is 27.6 Å². The van der Waals surface area contributed by atoms with Crippen molar-refractivity contribution < 1.29 is 35.7 Å². The van der Waals surface area contributed by atoms with Crippen molar-refractivity contribution in [2.75, 3.05) is 13.2 Å². The van der Waals surface area contributed by atoms with Crippen molar-refractivity contribution in [3.63, 3.8) is 0 Å². The zero-order valence-electron chi connectivity index (χ0n) is 24.2. The summed E-state index contributed by atoms with van der Waals surface area (Å²) in [7, 11) is 0. The molecule has 1 N–H and O–H groups in total. The number of benzene rings is 2. The molecule has 1 aliphatic rings. The number of nitrogens with zero attached hydrogens (tertiary/aromatic N) is 5. The molecule has 11 heteroatoms. The molecule has 0 bridgehead atoms. The standard InChI is InChI=1S/C13H10ClN3.C9H9N.C4H2Cl2N2.C4H8O.Na.H/c1-9-8-17(11-5-3-2-4-10(9)11)12-6-7-15-13(14)16-12;1-7-6-10-9-5-3-2-4-8(7)9;5-3-1-2-7-4(6)8-3;1-2-4-5-3-1;;/h2-8H,1H3;2-6,10H,1H3;1-2H;1-4H2;;/q;;;;+1;-1. The Hall–Kier alpha value is -2.49. The summed E-state index contributed by atoms with van der Waals surface area (Å²) < 4.78 is 6.97. The van der Waals surface area contributed by atoms with E-state index >= 15 is 0 Å². The van der Waals surface area contributed by atoms with Gasteiger partial charge in [-0.3, -0.25) is 0 Å². The van der Waals surface area contributed by atoms with Crippen LogP contribution in [0.5, 0.6) is 0 Å². The molecule has 0 aliphatic carbocycles. The molecule has 4 aromatic heterocycles. The zero-order chi connectivity index (χ0) is 28.3. The fourth-order valence-electron chi connectivity index (χ4n) is 4.04. The minimum absolute atomic E-state index is 0. The molecule has 1 saturated heterocycles. The number of hydrogen-bond donors (Lipinski definition) is 1. The molecule has 0 atom stereocenters. The minimum Gasteiger partial charge on any atom is -1.00 e. The van der Waals surface area contributed by atoms with Crippen molar-refractivity contribution in [3.8, 4) is 5.82 Å². The molecule has 1 fully saturated rings. The average Bonchev–Trinajstić information content (AvgIpc) is 3.73. The van der Waals surface area contributed by atoms with Crippen molar-refractivity contribution in [3.05, 3.63) is 112 Å². The maximum absolute atomic E-state index is 5.82. The first-order valence-corrected chi connectivity index (χ1v) is 13.9. The first kappa shape index (κ1) is 33.0. The Morgan fingerprint density at radius 3 is 2.00 bits per heavy atom. The van der Waals surface area contributed by atoms with Crippen LogP contribution in [0.15, 0.2) is 85.5 Å².